The molecular weight excluding hydrogens is 312 g/mol. The van der Waals surface area contributed by atoms with Gasteiger partial charge in [0.25, 0.3) is 0 Å². The molecule has 0 aromatic carbocycles. The van der Waals surface area contributed by atoms with E-state index in [0.717, 1.165) is 25.7 Å². The van der Waals surface area contributed by atoms with Crippen molar-refractivity contribution in [3.63, 3.8) is 0 Å². The van der Waals surface area contributed by atoms with Crippen LogP contribution in [0.25, 0.3) is 0 Å². The fourth-order valence-electron chi connectivity index (χ4n) is 5.20. The summed E-state index contributed by atoms with van der Waals surface area (Å²) in [5.74, 6) is 1.35. The van der Waals surface area contributed by atoms with E-state index in [1.165, 1.54) is 31.7 Å². The van der Waals surface area contributed by atoms with E-state index in [1.54, 1.807) is 0 Å². The van der Waals surface area contributed by atoms with Crippen LogP contribution in [0.1, 0.15) is 79.1 Å². The fourth-order valence-corrected chi connectivity index (χ4v) is 10.0. The van der Waals surface area contributed by atoms with Crippen molar-refractivity contribution >= 4 is 14.1 Å². The molecule has 3 heteroatoms. The maximum absolute atomic E-state index is 12.2. The molecule has 0 N–H and O–H groups in total. The Morgan fingerprint density at radius 1 is 1.17 bits per heavy atom. The van der Waals surface area contributed by atoms with E-state index >= 15 is 0 Å². The zero-order valence-electron chi connectivity index (χ0n) is 16.4. The smallest absolute Gasteiger partial charge is 0.198 e. The number of fused-ring (bicyclic) bond motifs is 1. The quantitative estimate of drug-likeness (QED) is 0.278. The number of Topliss-reactive ketones (excluding diaryl/α,β-unsaturated/α-hetero) is 1. The predicted octanol–water partition coefficient (Wildman–Crippen LogP) is 6.27. The zero-order chi connectivity index (χ0) is 17.7. The van der Waals surface area contributed by atoms with Gasteiger partial charge in [-0.2, -0.15) is 0 Å². The first kappa shape index (κ1) is 19.9. The van der Waals surface area contributed by atoms with Gasteiger partial charge in [0.1, 0.15) is 5.78 Å². The van der Waals surface area contributed by atoms with E-state index in [2.05, 4.69) is 34.3 Å². The maximum Gasteiger partial charge on any atom is 0.198 e. The third-order valence-electron chi connectivity index (χ3n) is 6.69. The van der Waals surface area contributed by atoms with Gasteiger partial charge in [-0.05, 0) is 48.7 Å². The lowest BCUT2D eigenvalue weighted by Crippen LogP contribution is -2.50. The van der Waals surface area contributed by atoms with Gasteiger partial charge in [-0.3, -0.25) is 4.79 Å². The molecule has 3 atom stereocenters. The van der Waals surface area contributed by atoms with Crippen LogP contribution < -0.4 is 0 Å². The number of unbranched alkanes of at least 4 members (excludes halogenated alkanes) is 2. The van der Waals surface area contributed by atoms with Gasteiger partial charge in [-0.15, -0.1) is 6.58 Å². The molecule has 0 amide bonds. The molecule has 0 aromatic heterocycles. The van der Waals surface area contributed by atoms with Crippen LogP contribution in [0.4, 0.5) is 0 Å². The van der Waals surface area contributed by atoms with Crippen LogP contribution in [0.2, 0.25) is 17.1 Å². The zero-order valence-corrected chi connectivity index (χ0v) is 17.4. The Labute approximate surface area is 150 Å². The number of carbonyl (C=O) groups excluding carboxylic acids is 1. The Morgan fingerprint density at radius 3 is 2.50 bits per heavy atom. The Balaban J connectivity index is 2.11. The first-order chi connectivity index (χ1) is 11.4. The molecule has 2 fully saturated rings. The molecule has 0 spiro atoms. The number of rotatable bonds is 9. The molecule has 2 rings (SSSR count). The lowest BCUT2D eigenvalue weighted by molar-refractivity contribution is -0.123. The lowest BCUT2D eigenvalue weighted by Gasteiger charge is -2.45. The molecule has 2 saturated carbocycles. The van der Waals surface area contributed by atoms with Crippen molar-refractivity contribution in [3.05, 3.63) is 12.7 Å². The van der Waals surface area contributed by atoms with Crippen LogP contribution >= 0.6 is 0 Å². The second-order valence-corrected chi connectivity index (χ2v) is 13.6. The Hall–Kier alpha value is -0.413. The second-order valence-electron chi connectivity index (χ2n) is 8.66. The van der Waals surface area contributed by atoms with E-state index in [0.29, 0.717) is 34.8 Å². The lowest BCUT2D eigenvalue weighted by atomic mass is 9.79. The Morgan fingerprint density at radius 2 is 1.88 bits per heavy atom. The highest BCUT2D eigenvalue weighted by molar-refractivity contribution is 6.76. The minimum absolute atomic E-state index is 0.315. The van der Waals surface area contributed by atoms with Crippen molar-refractivity contribution in [3.8, 4) is 0 Å². The standard InChI is InChI=1S/C21H38O2Si/c1-6-7-8-9-15-24(16(2)3,17(4)5)23-21-12-10-11-18-19(21)13-14-20(18)22/h6,16-19,21H,1,7-15H2,2-5H3. The van der Waals surface area contributed by atoms with E-state index in [-0.39, 0.29) is 0 Å². The molecule has 0 radical (unpaired) electrons. The predicted molar refractivity (Wildman–Crippen MR) is 105 cm³/mol. The van der Waals surface area contributed by atoms with Gasteiger partial charge < -0.3 is 4.43 Å². The van der Waals surface area contributed by atoms with Crippen LogP contribution in [0.3, 0.4) is 0 Å². The molecule has 0 aromatic rings. The van der Waals surface area contributed by atoms with Gasteiger partial charge in [-0.1, -0.05) is 53.0 Å². The minimum atomic E-state index is -1.82. The Kier molecular flexibility index (Phi) is 7.30. The summed E-state index contributed by atoms with van der Waals surface area (Å²) in [5, 5.41) is 0. The summed E-state index contributed by atoms with van der Waals surface area (Å²) in [7, 11) is -1.82. The van der Waals surface area contributed by atoms with Crippen molar-refractivity contribution in [2.45, 2.75) is 102 Å². The number of hydrogen-bond donors (Lipinski definition) is 0. The molecule has 24 heavy (non-hydrogen) atoms. The summed E-state index contributed by atoms with van der Waals surface area (Å²) in [6.45, 7) is 13.3. The summed E-state index contributed by atoms with van der Waals surface area (Å²) in [6.07, 6.45) is 11.3. The largest absolute Gasteiger partial charge is 0.413 e. The highest BCUT2D eigenvalue weighted by Gasteiger charge is 2.48. The number of allylic oxidation sites excluding steroid dienone is 1. The molecule has 0 saturated heterocycles. The van der Waals surface area contributed by atoms with Crippen LogP contribution in [-0.4, -0.2) is 20.2 Å². The SMILES string of the molecule is C=CCCCC[Si](OC1CCCC2C(=O)CCC12)(C(C)C)C(C)C. The van der Waals surface area contributed by atoms with Crippen molar-refractivity contribution in [1.29, 1.82) is 0 Å². The van der Waals surface area contributed by atoms with Crippen LogP contribution in [0, 0.1) is 11.8 Å². The van der Waals surface area contributed by atoms with Crippen molar-refractivity contribution in [2.75, 3.05) is 0 Å². The normalized spacial score (nSPS) is 27.8. The second kappa shape index (κ2) is 8.80. The summed E-state index contributed by atoms with van der Waals surface area (Å²) in [5.41, 5.74) is 1.28. The highest BCUT2D eigenvalue weighted by atomic mass is 28.4. The molecule has 0 aliphatic heterocycles. The third kappa shape index (κ3) is 4.22. The maximum atomic E-state index is 12.2. The van der Waals surface area contributed by atoms with Gasteiger partial charge in [0.2, 0.25) is 0 Å². The monoisotopic (exact) mass is 350 g/mol. The topological polar surface area (TPSA) is 26.3 Å². The van der Waals surface area contributed by atoms with E-state index < -0.39 is 8.32 Å². The highest BCUT2D eigenvalue weighted by Crippen LogP contribution is 2.46. The van der Waals surface area contributed by atoms with Crippen LogP contribution in [0.15, 0.2) is 12.7 Å². The van der Waals surface area contributed by atoms with Gasteiger partial charge in [0.05, 0.1) is 0 Å². The third-order valence-corrected chi connectivity index (χ3v) is 12.5. The van der Waals surface area contributed by atoms with Gasteiger partial charge in [0.15, 0.2) is 8.32 Å². The first-order valence-corrected chi connectivity index (χ1v) is 12.5. The molecule has 2 nitrogen and oxygen atoms in total. The summed E-state index contributed by atoms with van der Waals surface area (Å²) in [4.78, 5) is 12.2. The van der Waals surface area contributed by atoms with Crippen molar-refractivity contribution in [1.82, 2.24) is 0 Å². The average molecular weight is 351 g/mol. The van der Waals surface area contributed by atoms with Gasteiger partial charge >= 0.3 is 0 Å². The first-order valence-electron chi connectivity index (χ1n) is 10.2. The Bertz CT molecular complexity index is 422. The fraction of sp³-hybridized carbons (Fsp3) is 0.857. The van der Waals surface area contributed by atoms with Crippen molar-refractivity contribution < 1.29 is 9.22 Å². The van der Waals surface area contributed by atoms with E-state index in [4.69, 9.17) is 4.43 Å². The number of hydrogen-bond acceptors (Lipinski definition) is 2. The molecule has 3 unspecified atom stereocenters. The molecule has 0 heterocycles. The molecule has 138 valence electrons. The molecule has 2 aliphatic carbocycles. The average Bonchev–Trinajstić information content (AvgIpc) is 2.92. The van der Waals surface area contributed by atoms with Crippen LogP contribution in [0.5, 0.6) is 0 Å². The number of carbonyl (C=O) groups is 1. The molecule has 0 bridgehead atoms. The minimum Gasteiger partial charge on any atom is -0.413 e. The van der Waals surface area contributed by atoms with Gasteiger partial charge in [0, 0.05) is 18.4 Å². The van der Waals surface area contributed by atoms with E-state index in [1.807, 2.05) is 6.08 Å². The van der Waals surface area contributed by atoms with Crippen LogP contribution in [-0.2, 0) is 9.22 Å². The summed E-state index contributed by atoms with van der Waals surface area (Å²) >= 11 is 0. The van der Waals surface area contributed by atoms with Gasteiger partial charge in [-0.25, -0.2) is 0 Å². The number of ketones is 1. The molecular formula is C21H38O2Si. The summed E-state index contributed by atoms with van der Waals surface area (Å²) < 4.78 is 7.11. The summed E-state index contributed by atoms with van der Waals surface area (Å²) in [6, 6.07) is 1.26. The molecule has 2 aliphatic rings. The van der Waals surface area contributed by atoms with Crippen molar-refractivity contribution in [2.24, 2.45) is 11.8 Å². The van der Waals surface area contributed by atoms with E-state index in [9.17, 15) is 4.79 Å².